The molecule has 0 aliphatic heterocycles. The Bertz CT molecular complexity index is 572. The molecule has 0 radical (unpaired) electrons. The topological polar surface area (TPSA) is 73.6 Å². The molecule has 6 nitrogen and oxygen atoms in total. The second kappa shape index (κ2) is 8.82. The molecule has 0 saturated heterocycles. The molecule has 1 aromatic carbocycles. The van der Waals surface area contributed by atoms with Gasteiger partial charge in [0.05, 0.1) is 13.7 Å². The molecule has 0 atom stereocenters. The lowest BCUT2D eigenvalue weighted by atomic mass is 9.93. The van der Waals surface area contributed by atoms with Gasteiger partial charge in [0, 0.05) is 12.4 Å². The Morgan fingerprint density at radius 2 is 1.83 bits per heavy atom. The standard InChI is InChI=1S/C13H20O2.C4H4N2O2/c1-13(2,3)9-10-15-12-7-5-11(14-4)6-8-12;7-4(8)6-2-1-5-3-6/h5-8H,9-10H2,1-4H3;1-3H,(H,7,8). The molecule has 1 aromatic heterocycles. The first-order valence-corrected chi connectivity index (χ1v) is 7.30. The van der Waals surface area contributed by atoms with Crippen molar-refractivity contribution >= 4 is 6.09 Å². The highest BCUT2D eigenvalue weighted by atomic mass is 16.5. The quantitative estimate of drug-likeness (QED) is 0.924. The van der Waals surface area contributed by atoms with Crippen LogP contribution in [-0.2, 0) is 0 Å². The van der Waals surface area contributed by atoms with Crippen LogP contribution in [-0.4, -0.2) is 34.5 Å². The number of aromatic nitrogens is 2. The van der Waals surface area contributed by atoms with Crippen LogP contribution in [0, 0.1) is 5.41 Å². The minimum atomic E-state index is -1.01. The van der Waals surface area contributed by atoms with Gasteiger partial charge in [-0.2, -0.15) is 0 Å². The summed E-state index contributed by atoms with van der Waals surface area (Å²) in [6.07, 6.45) is 4.04. The minimum Gasteiger partial charge on any atom is -0.497 e. The molecule has 2 aromatic rings. The van der Waals surface area contributed by atoms with Crippen molar-refractivity contribution < 1.29 is 19.4 Å². The fourth-order valence-corrected chi connectivity index (χ4v) is 1.52. The summed E-state index contributed by atoms with van der Waals surface area (Å²) in [5.41, 5.74) is 0.326. The Balaban J connectivity index is 0.000000277. The van der Waals surface area contributed by atoms with Gasteiger partial charge in [0.1, 0.15) is 17.8 Å². The van der Waals surface area contributed by atoms with E-state index in [0.29, 0.717) is 5.41 Å². The number of benzene rings is 1. The molecule has 0 fully saturated rings. The van der Waals surface area contributed by atoms with Crippen LogP contribution in [0.2, 0.25) is 0 Å². The Kier molecular flexibility index (Phi) is 7.12. The number of methoxy groups -OCH3 is 1. The van der Waals surface area contributed by atoms with Crippen molar-refractivity contribution in [3.8, 4) is 11.5 Å². The fourth-order valence-electron chi connectivity index (χ4n) is 1.52. The zero-order valence-electron chi connectivity index (χ0n) is 14.0. The van der Waals surface area contributed by atoms with Crippen LogP contribution in [0.5, 0.6) is 11.5 Å². The summed E-state index contributed by atoms with van der Waals surface area (Å²) in [4.78, 5) is 13.5. The third kappa shape index (κ3) is 7.90. The van der Waals surface area contributed by atoms with E-state index in [-0.39, 0.29) is 0 Å². The second-order valence-corrected chi connectivity index (χ2v) is 6.09. The molecule has 0 aliphatic rings. The number of imidazole rings is 1. The minimum absolute atomic E-state index is 0.326. The monoisotopic (exact) mass is 320 g/mol. The van der Waals surface area contributed by atoms with E-state index in [1.807, 2.05) is 24.3 Å². The van der Waals surface area contributed by atoms with Gasteiger partial charge in [-0.05, 0) is 36.1 Å². The maximum absolute atomic E-state index is 9.98. The van der Waals surface area contributed by atoms with Crippen molar-refractivity contribution in [3.63, 3.8) is 0 Å². The van der Waals surface area contributed by atoms with Gasteiger partial charge in [-0.25, -0.2) is 14.3 Å². The van der Waals surface area contributed by atoms with Crippen LogP contribution in [0.3, 0.4) is 0 Å². The molecular weight excluding hydrogens is 296 g/mol. The number of hydrogen-bond acceptors (Lipinski definition) is 4. The average molecular weight is 320 g/mol. The van der Waals surface area contributed by atoms with Gasteiger partial charge in [0.15, 0.2) is 0 Å². The van der Waals surface area contributed by atoms with E-state index in [1.165, 1.54) is 18.7 Å². The molecule has 0 saturated carbocycles. The molecule has 0 bridgehead atoms. The van der Waals surface area contributed by atoms with E-state index in [9.17, 15) is 4.79 Å². The Morgan fingerprint density at radius 3 is 2.22 bits per heavy atom. The fraction of sp³-hybridized carbons (Fsp3) is 0.412. The first kappa shape index (κ1) is 18.5. The molecule has 126 valence electrons. The maximum atomic E-state index is 9.98. The van der Waals surface area contributed by atoms with Crippen molar-refractivity contribution in [1.29, 1.82) is 0 Å². The number of ether oxygens (including phenoxy) is 2. The smallest absolute Gasteiger partial charge is 0.416 e. The van der Waals surface area contributed by atoms with Crippen LogP contribution in [0.25, 0.3) is 0 Å². The average Bonchev–Trinajstić information content (AvgIpc) is 3.02. The first-order chi connectivity index (χ1) is 10.8. The number of nitrogens with zero attached hydrogens (tertiary/aromatic N) is 2. The highest BCUT2D eigenvalue weighted by molar-refractivity contribution is 5.67. The van der Waals surface area contributed by atoms with E-state index in [4.69, 9.17) is 14.6 Å². The summed E-state index contributed by atoms with van der Waals surface area (Å²) in [7, 11) is 1.66. The van der Waals surface area contributed by atoms with Crippen molar-refractivity contribution in [1.82, 2.24) is 9.55 Å². The summed E-state index contributed by atoms with van der Waals surface area (Å²) in [6, 6.07) is 7.68. The van der Waals surface area contributed by atoms with E-state index < -0.39 is 6.09 Å². The third-order valence-electron chi connectivity index (χ3n) is 2.91. The number of rotatable bonds is 4. The molecule has 6 heteroatoms. The summed E-state index contributed by atoms with van der Waals surface area (Å²) in [5.74, 6) is 1.76. The zero-order chi connectivity index (χ0) is 17.3. The zero-order valence-corrected chi connectivity index (χ0v) is 14.0. The molecule has 23 heavy (non-hydrogen) atoms. The van der Waals surface area contributed by atoms with Gasteiger partial charge in [-0.3, -0.25) is 0 Å². The Labute approximate surface area is 136 Å². The van der Waals surface area contributed by atoms with Crippen LogP contribution in [0.4, 0.5) is 4.79 Å². The molecule has 0 unspecified atom stereocenters. The number of carbonyl (C=O) groups is 1. The number of carboxylic acid groups (broad SMARTS) is 1. The third-order valence-corrected chi connectivity index (χ3v) is 2.91. The van der Waals surface area contributed by atoms with E-state index >= 15 is 0 Å². The van der Waals surface area contributed by atoms with Crippen LogP contribution in [0.1, 0.15) is 27.2 Å². The predicted molar refractivity (Wildman–Crippen MR) is 88.2 cm³/mol. The normalized spacial score (nSPS) is 10.4. The molecule has 1 N–H and O–H groups in total. The Hall–Kier alpha value is -2.50. The second-order valence-electron chi connectivity index (χ2n) is 6.09. The van der Waals surface area contributed by atoms with Gasteiger partial charge in [-0.15, -0.1) is 0 Å². The lowest BCUT2D eigenvalue weighted by Gasteiger charge is -2.18. The SMILES string of the molecule is COc1ccc(OCCC(C)(C)C)cc1.O=C(O)n1ccnc1. The van der Waals surface area contributed by atoms with E-state index in [1.54, 1.807) is 7.11 Å². The molecule has 2 rings (SSSR count). The van der Waals surface area contributed by atoms with Crippen LogP contribution >= 0.6 is 0 Å². The summed E-state index contributed by atoms with van der Waals surface area (Å²) in [6.45, 7) is 7.40. The van der Waals surface area contributed by atoms with Gasteiger partial charge >= 0.3 is 6.09 Å². The van der Waals surface area contributed by atoms with Gasteiger partial charge in [0.2, 0.25) is 0 Å². The molecule has 0 aliphatic carbocycles. The van der Waals surface area contributed by atoms with Crippen molar-refractivity contribution in [3.05, 3.63) is 43.0 Å². The number of hydrogen-bond donors (Lipinski definition) is 1. The van der Waals surface area contributed by atoms with E-state index in [2.05, 4.69) is 25.8 Å². The highest BCUT2D eigenvalue weighted by Gasteiger charge is 2.09. The lowest BCUT2D eigenvalue weighted by molar-refractivity contribution is 0.196. The lowest BCUT2D eigenvalue weighted by Crippen LogP contribution is -2.10. The molecule has 1 heterocycles. The van der Waals surface area contributed by atoms with Crippen molar-refractivity contribution in [2.24, 2.45) is 5.41 Å². The van der Waals surface area contributed by atoms with Crippen LogP contribution < -0.4 is 9.47 Å². The highest BCUT2D eigenvalue weighted by Crippen LogP contribution is 2.21. The molecular formula is C17H24N2O4. The van der Waals surface area contributed by atoms with Gasteiger partial charge < -0.3 is 14.6 Å². The van der Waals surface area contributed by atoms with Crippen molar-refractivity contribution in [2.45, 2.75) is 27.2 Å². The van der Waals surface area contributed by atoms with Gasteiger partial charge in [-0.1, -0.05) is 20.8 Å². The van der Waals surface area contributed by atoms with E-state index in [0.717, 1.165) is 29.1 Å². The molecule has 0 amide bonds. The first-order valence-electron chi connectivity index (χ1n) is 7.30. The van der Waals surface area contributed by atoms with Gasteiger partial charge in [0.25, 0.3) is 0 Å². The maximum Gasteiger partial charge on any atom is 0.416 e. The summed E-state index contributed by atoms with van der Waals surface area (Å²) >= 11 is 0. The molecule has 0 spiro atoms. The predicted octanol–water partition coefficient (Wildman–Crippen LogP) is 3.92. The Morgan fingerprint density at radius 1 is 1.22 bits per heavy atom. The van der Waals surface area contributed by atoms with Crippen molar-refractivity contribution in [2.75, 3.05) is 13.7 Å². The summed E-state index contributed by atoms with van der Waals surface area (Å²) < 4.78 is 11.7. The van der Waals surface area contributed by atoms with Crippen LogP contribution in [0.15, 0.2) is 43.0 Å². The summed E-state index contributed by atoms with van der Waals surface area (Å²) in [5, 5.41) is 8.20. The largest absolute Gasteiger partial charge is 0.497 e.